The molecule has 0 aromatic heterocycles. The van der Waals surface area contributed by atoms with E-state index in [1.807, 2.05) is 131 Å². The van der Waals surface area contributed by atoms with E-state index in [1.54, 1.807) is 0 Å². The standard InChI is InChI=1S/C29H31NO2/c1-22(20-21-23-14-8-5-9-15-23)26(28(31)32-29(2,3)4)30-27(24-16-10-6-11-17-24)25-18-12-7-13-19-25/h5-22,26H,1-4H3/b21-20-/t22-,26-/m1/s1. The van der Waals surface area contributed by atoms with Crippen LogP contribution in [-0.4, -0.2) is 23.3 Å². The molecule has 0 spiro atoms. The molecular weight excluding hydrogens is 394 g/mol. The lowest BCUT2D eigenvalue weighted by atomic mass is 9.97. The lowest BCUT2D eigenvalue weighted by Gasteiger charge is -2.25. The number of ether oxygens (including phenoxy) is 1. The molecule has 2 atom stereocenters. The van der Waals surface area contributed by atoms with Crippen LogP contribution in [0, 0.1) is 5.92 Å². The van der Waals surface area contributed by atoms with Gasteiger partial charge in [0.2, 0.25) is 0 Å². The fourth-order valence-corrected chi connectivity index (χ4v) is 3.33. The molecule has 0 radical (unpaired) electrons. The van der Waals surface area contributed by atoms with Crippen LogP contribution in [0.2, 0.25) is 0 Å². The number of carbonyl (C=O) groups excluding carboxylic acids is 1. The maximum absolute atomic E-state index is 13.2. The lowest BCUT2D eigenvalue weighted by molar-refractivity contribution is -0.157. The molecule has 0 heterocycles. The zero-order valence-corrected chi connectivity index (χ0v) is 19.2. The van der Waals surface area contributed by atoms with Gasteiger partial charge in [-0.3, -0.25) is 4.99 Å². The molecule has 0 saturated heterocycles. The molecule has 3 aromatic rings. The van der Waals surface area contributed by atoms with Gasteiger partial charge in [0.25, 0.3) is 0 Å². The van der Waals surface area contributed by atoms with Crippen molar-refractivity contribution in [1.29, 1.82) is 0 Å². The summed E-state index contributed by atoms with van der Waals surface area (Å²) in [6.45, 7) is 7.65. The summed E-state index contributed by atoms with van der Waals surface area (Å²) in [7, 11) is 0. The minimum absolute atomic E-state index is 0.160. The van der Waals surface area contributed by atoms with Crippen LogP contribution in [0.4, 0.5) is 0 Å². The van der Waals surface area contributed by atoms with E-state index in [1.165, 1.54) is 0 Å². The van der Waals surface area contributed by atoms with Crippen LogP contribution in [0.1, 0.15) is 44.4 Å². The maximum Gasteiger partial charge on any atom is 0.332 e. The summed E-state index contributed by atoms with van der Waals surface area (Å²) >= 11 is 0. The first-order valence-electron chi connectivity index (χ1n) is 11.0. The molecule has 0 saturated carbocycles. The van der Waals surface area contributed by atoms with Crippen molar-refractivity contribution in [3.63, 3.8) is 0 Å². The van der Waals surface area contributed by atoms with Gasteiger partial charge >= 0.3 is 5.97 Å². The molecule has 0 aliphatic heterocycles. The van der Waals surface area contributed by atoms with Crippen molar-refractivity contribution in [3.05, 3.63) is 114 Å². The summed E-state index contributed by atoms with van der Waals surface area (Å²) in [6.07, 6.45) is 4.06. The summed E-state index contributed by atoms with van der Waals surface area (Å²) < 4.78 is 5.77. The van der Waals surface area contributed by atoms with Crippen molar-refractivity contribution >= 4 is 17.8 Å². The van der Waals surface area contributed by atoms with E-state index in [0.717, 1.165) is 22.4 Å². The van der Waals surface area contributed by atoms with Gasteiger partial charge in [-0.15, -0.1) is 0 Å². The third-order valence-corrected chi connectivity index (χ3v) is 4.90. The molecule has 0 bridgehead atoms. The van der Waals surface area contributed by atoms with Crippen LogP contribution in [0.15, 0.2) is 102 Å². The highest BCUT2D eigenvalue weighted by molar-refractivity contribution is 6.13. The highest BCUT2D eigenvalue weighted by Gasteiger charge is 2.29. The largest absolute Gasteiger partial charge is 0.458 e. The quantitative estimate of drug-likeness (QED) is 0.317. The Labute approximate surface area is 191 Å². The van der Waals surface area contributed by atoms with Gasteiger partial charge in [-0.25, -0.2) is 4.79 Å². The molecule has 0 amide bonds. The Morgan fingerprint density at radius 1 is 0.812 bits per heavy atom. The van der Waals surface area contributed by atoms with Gasteiger partial charge in [-0.1, -0.05) is 110 Å². The molecular formula is C29H31NO2. The van der Waals surface area contributed by atoms with Gasteiger partial charge in [0.05, 0.1) is 5.71 Å². The van der Waals surface area contributed by atoms with E-state index in [2.05, 4.69) is 0 Å². The zero-order chi connectivity index (χ0) is 23.0. The summed E-state index contributed by atoms with van der Waals surface area (Å²) in [5, 5.41) is 0. The third kappa shape index (κ3) is 6.78. The fraction of sp³-hybridized carbons (Fsp3) is 0.241. The Morgan fingerprint density at radius 3 is 1.75 bits per heavy atom. The highest BCUT2D eigenvalue weighted by atomic mass is 16.6. The van der Waals surface area contributed by atoms with Crippen LogP contribution in [-0.2, 0) is 9.53 Å². The third-order valence-electron chi connectivity index (χ3n) is 4.90. The van der Waals surface area contributed by atoms with Gasteiger partial charge in [-0.2, -0.15) is 0 Å². The van der Waals surface area contributed by atoms with Crippen molar-refractivity contribution < 1.29 is 9.53 Å². The molecule has 3 nitrogen and oxygen atoms in total. The zero-order valence-electron chi connectivity index (χ0n) is 19.2. The summed E-state index contributed by atoms with van der Waals surface area (Å²) in [4.78, 5) is 18.3. The molecule has 3 rings (SSSR count). The van der Waals surface area contributed by atoms with Crippen LogP contribution >= 0.6 is 0 Å². The Hall–Kier alpha value is -3.46. The second-order valence-corrected chi connectivity index (χ2v) is 8.82. The van der Waals surface area contributed by atoms with E-state index in [4.69, 9.17) is 9.73 Å². The van der Waals surface area contributed by atoms with Gasteiger partial charge in [0.15, 0.2) is 6.04 Å². The highest BCUT2D eigenvalue weighted by Crippen LogP contribution is 2.21. The summed E-state index contributed by atoms with van der Waals surface area (Å²) in [5.74, 6) is -0.487. The topological polar surface area (TPSA) is 38.7 Å². The van der Waals surface area contributed by atoms with E-state index < -0.39 is 11.6 Å². The summed E-state index contributed by atoms with van der Waals surface area (Å²) in [5.41, 5.74) is 3.20. The van der Waals surface area contributed by atoms with E-state index in [-0.39, 0.29) is 11.9 Å². The molecule has 0 unspecified atom stereocenters. The van der Waals surface area contributed by atoms with Gasteiger partial charge in [-0.05, 0) is 26.3 Å². The average Bonchev–Trinajstić information content (AvgIpc) is 2.79. The predicted molar refractivity (Wildman–Crippen MR) is 133 cm³/mol. The molecule has 3 aromatic carbocycles. The van der Waals surface area contributed by atoms with Crippen LogP contribution < -0.4 is 0 Å². The molecule has 0 fully saturated rings. The predicted octanol–water partition coefficient (Wildman–Crippen LogP) is 6.58. The number of carbonyl (C=O) groups is 1. The summed E-state index contributed by atoms with van der Waals surface area (Å²) in [6, 6.07) is 29.3. The Morgan fingerprint density at radius 2 is 1.28 bits per heavy atom. The van der Waals surface area contributed by atoms with Crippen LogP contribution in [0.3, 0.4) is 0 Å². The number of rotatable bonds is 7. The molecule has 3 heteroatoms. The molecule has 0 aliphatic rings. The normalized spacial score (nSPS) is 13.4. The van der Waals surface area contributed by atoms with Crippen molar-refractivity contribution in [3.8, 4) is 0 Å². The molecule has 0 N–H and O–H groups in total. The lowest BCUT2D eigenvalue weighted by Crippen LogP contribution is -2.35. The molecule has 164 valence electrons. The first kappa shape index (κ1) is 23.2. The number of esters is 1. The van der Waals surface area contributed by atoms with Crippen LogP contribution in [0.25, 0.3) is 6.08 Å². The monoisotopic (exact) mass is 425 g/mol. The second-order valence-electron chi connectivity index (χ2n) is 8.82. The van der Waals surface area contributed by atoms with E-state index >= 15 is 0 Å². The van der Waals surface area contributed by atoms with Crippen molar-refractivity contribution in [1.82, 2.24) is 0 Å². The van der Waals surface area contributed by atoms with Gasteiger partial charge in [0, 0.05) is 17.0 Å². The first-order chi connectivity index (χ1) is 15.3. The van der Waals surface area contributed by atoms with Crippen LogP contribution in [0.5, 0.6) is 0 Å². The Bertz CT molecular complexity index is 1010. The fourth-order valence-electron chi connectivity index (χ4n) is 3.33. The number of benzene rings is 3. The Balaban J connectivity index is 2.04. The first-order valence-corrected chi connectivity index (χ1v) is 11.0. The van der Waals surface area contributed by atoms with E-state index in [0.29, 0.717) is 0 Å². The Kier molecular flexibility index (Phi) is 7.77. The van der Waals surface area contributed by atoms with Gasteiger partial charge < -0.3 is 4.74 Å². The number of hydrogen-bond donors (Lipinski definition) is 0. The van der Waals surface area contributed by atoms with Crippen molar-refractivity contribution in [2.75, 3.05) is 0 Å². The molecule has 32 heavy (non-hydrogen) atoms. The SMILES string of the molecule is C[C@H](/C=C\c1ccccc1)[C@@H](N=C(c1ccccc1)c1ccccc1)C(=O)OC(C)(C)C. The minimum atomic E-state index is -0.676. The molecule has 0 aliphatic carbocycles. The van der Waals surface area contributed by atoms with E-state index in [9.17, 15) is 4.79 Å². The number of aliphatic imine (C=N–C) groups is 1. The number of hydrogen-bond acceptors (Lipinski definition) is 3. The number of nitrogens with zero attached hydrogens (tertiary/aromatic N) is 1. The smallest absolute Gasteiger partial charge is 0.332 e. The van der Waals surface area contributed by atoms with Crippen molar-refractivity contribution in [2.24, 2.45) is 10.9 Å². The van der Waals surface area contributed by atoms with Gasteiger partial charge in [0.1, 0.15) is 5.60 Å². The average molecular weight is 426 g/mol. The maximum atomic E-state index is 13.2. The second kappa shape index (κ2) is 10.7. The van der Waals surface area contributed by atoms with Crippen molar-refractivity contribution in [2.45, 2.75) is 39.3 Å². The minimum Gasteiger partial charge on any atom is -0.458 e.